The zero-order chi connectivity index (χ0) is 20.2. The molecular formula is C24H31NO3. The van der Waals surface area contributed by atoms with Crippen molar-refractivity contribution in [1.82, 2.24) is 4.90 Å². The van der Waals surface area contributed by atoms with E-state index >= 15 is 0 Å². The van der Waals surface area contributed by atoms with Crippen LogP contribution in [0, 0.1) is 0 Å². The van der Waals surface area contributed by atoms with Gasteiger partial charge in [-0.2, -0.15) is 0 Å². The number of aliphatic hydroxyl groups is 1. The Hall–Kier alpha value is -2.17. The lowest BCUT2D eigenvalue weighted by molar-refractivity contribution is -0.0701. The molecule has 1 aliphatic carbocycles. The zero-order valence-electron chi connectivity index (χ0n) is 17.1. The van der Waals surface area contributed by atoms with Gasteiger partial charge in [0, 0.05) is 12.0 Å². The molecule has 0 aromatic heterocycles. The van der Waals surface area contributed by atoms with Gasteiger partial charge in [-0.25, -0.2) is 4.79 Å². The molecule has 0 heterocycles. The molecule has 2 aromatic carbocycles. The number of ether oxygens (including phenoxy) is 1. The predicted molar refractivity (Wildman–Crippen MR) is 112 cm³/mol. The Balaban J connectivity index is 1.83. The summed E-state index contributed by atoms with van der Waals surface area (Å²) in [5.74, 6) is 0.149. The van der Waals surface area contributed by atoms with Crippen LogP contribution in [0.15, 0.2) is 54.6 Å². The third-order valence-electron chi connectivity index (χ3n) is 6.05. The molecule has 0 saturated heterocycles. The van der Waals surface area contributed by atoms with Crippen molar-refractivity contribution in [3.63, 3.8) is 0 Å². The van der Waals surface area contributed by atoms with Gasteiger partial charge in [0.15, 0.2) is 0 Å². The number of hydrogen-bond donors (Lipinski definition) is 1. The fraction of sp³-hybridized carbons (Fsp3) is 0.458. The number of esters is 1. The first-order valence-electron chi connectivity index (χ1n) is 10.1. The molecule has 1 unspecified atom stereocenters. The van der Waals surface area contributed by atoms with Gasteiger partial charge in [-0.3, -0.25) is 0 Å². The van der Waals surface area contributed by atoms with E-state index in [2.05, 4.69) is 11.8 Å². The molecule has 1 fully saturated rings. The molecule has 0 radical (unpaired) electrons. The minimum Gasteiger partial charge on any atom is -0.423 e. The van der Waals surface area contributed by atoms with Crippen molar-refractivity contribution in [2.75, 3.05) is 20.6 Å². The summed E-state index contributed by atoms with van der Waals surface area (Å²) >= 11 is 0. The van der Waals surface area contributed by atoms with Crippen LogP contribution in [0.5, 0.6) is 5.75 Å². The Kier molecular flexibility index (Phi) is 6.21. The van der Waals surface area contributed by atoms with Crippen LogP contribution in [0.4, 0.5) is 0 Å². The molecule has 0 spiro atoms. The Morgan fingerprint density at radius 1 is 1.04 bits per heavy atom. The maximum absolute atomic E-state index is 12.3. The smallest absolute Gasteiger partial charge is 0.343 e. The van der Waals surface area contributed by atoms with Gasteiger partial charge >= 0.3 is 5.97 Å². The summed E-state index contributed by atoms with van der Waals surface area (Å²) in [7, 11) is 4.08. The quantitative estimate of drug-likeness (QED) is 0.594. The van der Waals surface area contributed by atoms with Gasteiger partial charge in [-0.1, -0.05) is 56.5 Å². The van der Waals surface area contributed by atoms with Crippen molar-refractivity contribution in [2.24, 2.45) is 0 Å². The van der Waals surface area contributed by atoms with Crippen molar-refractivity contribution in [2.45, 2.75) is 50.0 Å². The fourth-order valence-corrected chi connectivity index (χ4v) is 4.46. The van der Waals surface area contributed by atoms with Crippen LogP contribution in [0.25, 0.3) is 0 Å². The maximum Gasteiger partial charge on any atom is 0.343 e. The Bertz CT molecular complexity index is 779. The van der Waals surface area contributed by atoms with Crippen molar-refractivity contribution in [1.29, 1.82) is 0 Å². The minimum atomic E-state index is -0.724. The molecule has 150 valence electrons. The second-order valence-electron chi connectivity index (χ2n) is 8.44. The summed E-state index contributed by atoms with van der Waals surface area (Å²) in [5, 5.41) is 11.5. The minimum absolute atomic E-state index is 0.365. The molecular weight excluding hydrogens is 350 g/mol. The van der Waals surface area contributed by atoms with Gasteiger partial charge in [0.05, 0.1) is 11.2 Å². The standard InChI is InChI=1S/C24H31NO3/c1-23(18-25(2)3,24(27)16-8-5-9-17-24)20-12-14-21(15-13-20)28-22(26)19-10-6-4-7-11-19/h4,6-7,10-15,27H,5,8-9,16-18H2,1-3H3. The molecule has 0 bridgehead atoms. The first kappa shape index (κ1) is 20.6. The van der Waals surface area contributed by atoms with Gasteiger partial charge in [0.25, 0.3) is 0 Å². The van der Waals surface area contributed by atoms with E-state index in [1.54, 1.807) is 12.1 Å². The summed E-state index contributed by atoms with van der Waals surface area (Å²) in [6.45, 7) is 2.91. The molecule has 1 aliphatic rings. The zero-order valence-corrected chi connectivity index (χ0v) is 17.1. The number of carbonyl (C=O) groups excluding carboxylic acids is 1. The summed E-state index contributed by atoms with van der Waals surface area (Å²) < 4.78 is 5.51. The highest BCUT2D eigenvalue weighted by Crippen LogP contribution is 2.45. The topological polar surface area (TPSA) is 49.8 Å². The summed E-state index contributed by atoms with van der Waals surface area (Å²) in [6.07, 6.45) is 4.96. The monoisotopic (exact) mass is 381 g/mol. The SMILES string of the molecule is CN(C)CC(C)(c1ccc(OC(=O)c2ccccc2)cc1)C1(O)CCCCC1. The van der Waals surface area contributed by atoms with E-state index in [1.165, 1.54) is 6.42 Å². The molecule has 3 rings (SSSR count). The van der Waals surface area contributed by atoms with Gasteiger partial charge in [-0.15, -0.1) is 0 Å². The van der Waals surface area contributed by atoms with Crippen LogP contribution in [0.1, 0.15) is 54.9 Å². The highest BCUT2D eigenvalue weighted by Gasteiger charge is 2.48. The third kappa shape index (κ3) is 4.29. The first-order chi connectivity index (χ1) is 13.3. The van der Waals surface area contributed by atoms with E-state index in [1.807, 2.05) is 56.6 Å². The first-order valence-corrected chi connectivity index (χ1v) is 10.1. The van der Waals surface area contributed by atoms with Gasteiger partial charge in [0.2, 0.25) is 0 Å². The largest absolute Gasteiger partial charge is 0.423 e. The molecule has 1 N–H and O–H groups in total. The van der Waals surface area contributed by atoms with E-state index in [4.69, 9.17) is 4.74 Å². The number of benzene rings is 2. The molecule has 0 aliphatic heterocycles. The molecule has 0 amide bonds. The molecule has 1 atom stereocenters. The van der Waals surface area contributed by atoms with Gasteiger partial charge in [0.1, 0.15) is 5.75 Å². The average molecular weight is 382 g/mol. The predicted octanol–water partition coefficient (Wildman–Crippen LogP) is 4.42. The van der Waals surface area contributed by atoms with Crippen molar-refractivity contribution < 1.29 is 14.6 Å². The number of rotatable bonds is 6. The number of carbonyl (C=O) groups is 1. The average Bonchev–Trinajstić information content (AvgIpc) is 2.69. The highest BCUT2D eigenvalue weighted by molar-refractivity contribution is 5.90. The van der Waals surface area contributed by atoms with Crippen LogP contribution in [-0.4, -0.2) is 42.2 Å². The lowest BCUT2D eigenvalue weighted by Gasteiger charge is -2.49. The Labute approximate surface area is 168 Å². The second-order valence-corrected chi connectivity index (χ2v) is 8.44. The molecule has 4 nitrogen and oxygen atoms in total. The van der Waals surface area contributed by atoms with Crippen LogP contribution in [0.3, 0.4) is 0 Å². The molecule has 1 saturated carbocycles. The summed E-state index contributed by atoms with van der Waals surface area (Å²) in [5.41, 5.74) is 0.488. The van der Waals surface area contributed by atoms with Crippen molar-refractivity contribution >= 4 is 5.97 Å². The number of likely N-dealkylation sites (N-methyl/N-ethyl adjacent to an activating group) is 1. The number of hydrogen-bond acceptors (Lipinski definition) is 4. The third-order valence-corrected chi connectivity index (χ3v) is 6.05. The van der Waals surface area contributed by atoms with E-state index < -0.39 is 5.60 Å². The maximum atomic E-state index is 12.3. The van der Waals surface area contributed by atoms with Crippen LogP contribution < -0.4 is 4.74 Å². The van der Waals surface area contributed by atoms with Crippen LogP contribution >= 0.6 is 0 Å². The van der Waals surface area contributed by atoms with E-state index in [0.717, 1.165) is 37.8 Å². The van der Waals surface area contributed by atoms with Crippen molar-refractivity contribution in [3.05, 3.63) is 65.7 Å². The van der Waals surface area contributed by atoms with Crippen LogP contribution in [0.2, 0.25) is 0 Å². The lowest BCUT2D eigenvalue weighted by atomic mass is 9.62. The van der Waals surface area contributed by atoms with Crippen molar-refractivity contribution in [3.8, 4) is 5.75 Å². The van der Waals surface area contributed by atoms with E-state index in [9.17, 15) is 9.90 Å². The van der Waals surface area contributed by atoms with E-state index in [-0.39, 0.29) is 11.4 Å². The second kappa shape index (κ2) is 8.46. The Morgan fingerprint density at radius 2 is 1.64 bits per heavy atom. The lowest BCUT2D eigenvalue weighted by Crippen LogP contribution is -2.55. The van der Waals surface area contributed by atoms with Crippen LogP contribution in [-0.2, 0) is 5.41 Å². The number of nitrogens with zero attached hydrogens (tertiary/aromatic N) is 1. The highest BCUT2D eigenvalue weighted by atomic mass is 16.5. The summed E-state index contributed by atoms with van der Waals surface area (Å²) in [6, 6.07) is 16.6. The Morgan fingerprint density at radius 3 is 2.21 bits per heavy atom. The van der Waals surface area contributed by atoms with Gasteiger partial charge < -0.3 is 14.7 Å². The van der Waals surface area contributed by atoms with Gasteiger partial charge in [-0.05, 0) is 56.8 Å². The normalized spacial score (nSPS) is 18.5. The van der Waals surface area contributed by atoms with E-state index in [0.29, 0.717) is 11.3 Å². The molecule has 4 heteroatoms. The molecule has 28 heavy (non-hydrogen) atoms. The summed E-state index contributed by atoms with van der Waals surface area (Å²) in [4.78, 5) is 14.4. The fourth-order valence-electron chi connectivity index (χ4n) is 4.46. The molecule has 2 aromatic rings.